The lowest BCUT2D eigenvalue weighted by atomic mass is 10.2. The van der Waals surface area contributed by atoms with Gasteiger partial charge < -0.3 is 5.73 Å². The largest absolute Gasteiger partial charge is 0.332 e. The van der Waals surface area contributed by atoms with Gasteiger partial charge in [0.05, 0.1) is 17.6 Å². The Bertz CT molecular complexity index is 625. The quantitative estimate of drug-likeness (QED) is 0.689. The first kappa shape index (κ1) is 9.67. The fourth-order valence-corrected chi connectivity index (χ4v) is 1.62. The number of nitrogens with two attached hydrogens (primary N) is 1. The van der Waals surface area contributed by atoms with Crippen LogP contribution in [0.2, 0.25) is 0 Å². The summed E-state index contributed by atoms with van der Waals surface area (Å²) in [6.07, 6.45) is 0. The Morgan fingerprint density at radius 3 is 2.60 bits per heavy atom. The number of aryl methyl sites for hydroxylation is 1. The first-order valence-corrected chi connectivity index (χ1v) is 4.55. The SMILES string of the molecule is Cn1c(=O)n(CN)c(=O)c2ccccc21. The smallest absolute Gasteiger partial charge is 0.313 e. The highest BCUT2D eigenvalue weighted by Gasteiger charge is 2.08. The lowest BCUT2D eigenvalue weighted by molar-refractivity contribution is 0.623. The fraction of sp³-hybridized carbons (Fsp3) is 0.200. The molecule has 0 atom stereocenters. The van der Waals surface area contributed by atoms with Crippen LogP contribution in [0.15, 0.2) is 33.9 Å². The molecule has 0 bridgehead atoms. The Morgan fingerprint density at radius 1 is 1.27 bits per heavy atom. The van der Waals surface area contributed by atoms with E-state index >= 15 is 0 Å². The summed E-state index contributed by atoms with van der Waals surface area (Å²) in [7, 11) is 1.62. The second-order valence-electron chi connectivity index (χ2n) is 3.27. The van der Waals surface area contributed by atoms with Gasteiger partial charge in [0.1, 0.15) is 0 Å². The summed E-state index contributed by atoms with van der Waals surface area (Å²) in [5, 5.41) is 0.505. The van der Waals surface area contributed by atoms with Gasteiger partial charge in [0, 0.05) is 7.05 Å². The van der Waals surface area contributed by atoms with Crippen molar-refractivity contribution in [3.05, 3.63) is 45.1 Å². The van der Waals surface area contributed by atoms with E-state index in [1.54, 1.807) is 31.3 Å². The molecule has 0 spiro atoms. The van der Waals surface area contributed by atoms with Crippen molar-refractivity contribution in [2.75, 3.05) is 0 Å². The summed E-state index contributed by atoms with van der Waals surface area (Å²) in [6.45, 7) is -0.101. The van der Waals surface area contributed by atoms with Crippen molar-refractivity contribution in [1.29, 1.82) is 0 Å². The maximum atomic E-state index is 11.8. The van der Waals surface area contributed by atoms with Crippen molar-refractivity contribution < 1.29 is 0 Å². The number of para-hydroxylation sites is 1. The maximum absolute atomic E-state index is 11.8. The van der Waals surface area contributed by atoms with Crippen LogP contribution >= 0.6 is 0 Å². The molecule has 5 nitrogen and oxygen atoms in total. The first-order chi connectivity index (χ1) is 7.16. The third-order valence-corrected chi connectivity index (χ3v) is 2.44. The van der Waals surface area contributed by atoms with Gasteiger partial charge in [-0.05, 0) is 12.1 Å². The first-order valence-electron chi connectivity index (χ1n) is 4.55. The van der Waals surface area contributed by atoms with Crippen LogP contribution in [0.5, 0.6) is 0 Å². The lowest BCUT2D eigenvalue weighted by Gasteiger charge is -2.07. The average molecular weight is 205 g/mol. The molecule has 0 radical (unpaired) electrons. The molecule has 15 heavy (non-hydrogen) atoms. The Balaban J connectivity index is 3.10. The highest BCUT2D eigenvalue weighted by Crippen LogP contribution is 2.04. The Hall–Kier alpha value is -1.88. The van der Waals surface area contributed by atoms with Gasteiger partial charge in [-0.1, -0.05) is 12.1 Å². The van der Waals surface area contributed by atoms with E-state index in [4.69, 9.17) is 5.73 Å². The number of benzene rings is 1. The van der Waals surface area contributed by atoms with Crippen molar-refractivity contribution in [3.8, 4) is 0 Å². The highest BCUT2D eigenvalue weighted by molar-refractivity contribution is 5.77. The van der Waals surface area contributed by atoms with Crippen LogP contribution < -0.4 is 17.0 Å². The molecule has 2 aromatic rings. The number of hydrogen-bond donors (Lipinski definition) is 1. The van der Waals surface area contributed by atoms with E-state index in [0.717, 1.165) is 4.57 Å². The van der Waals surface area contributed by atoms with Crippen molar-refractivity contribution >= 4 is 10.9 Å². The van der Waals surface area contributed by atoms with Gasteiger partial charge in [0.2, 0.25) is 0 Å². The third kappa shape index (κ3) is 1.28. The molecule has 78 valence electrons. The molecule has 2 rings (SSSR count). The second-order valence-corrected chi connectivity index (χ2v) is 3.27. The summed E-state index contributed by atoms with van der Waals surface area (Å²) >= 11 is 0. The normalized spacial score (nSPS) is 10.8. The Labute approximate surface area is 85.4 Å². The van der Waals surface area contributed by atoms with E-state index in [2.05, 4.69) is 0 Å². The summed E-state index contributed by atoms with van der Waals surface area (Å²) in [5.41, 5.74) is 5.26. The predicted octanol–water partition coefficient (Wildman–Crippen LogP) is -0.384. The van der Waals surface area contributed by atoms with Gasteiger partial charge in [-0.15, -0.1) is 0 Å². The minimum Gasteiger partial charge on any atom is -0.313 e. The molecule has 1 aromatic heterocycles. The number of rotatable bonds is 1. The standard InChI is InChI=1S/C10H11N3O2/c1-12-8-5-3-2-4-7(8)9(14)13(6-11)10(12)15/h2-5H,6,11H2,1H3. The van der Waals surface area contributed by atoms with E-state index in [0.29, 0.717) is 10.9 Å². The Kier molecular flexibility index (Phi) is 2.17. The second kappa shape index (κ2) is 3.36. The molecule has 0 aliphatic rings. The van der Waals surface area contributed by atoms with E-state index in [1.807, 2.05) is 0 Å². The summed E-state index contributed by atoms with van der Waals surface area (Å²) < 4.78 is 2.44. The van der Waals surface area contributed by atoms with Crippen LogP contribution in [0.4, 0.5) is 0 Å². The number of hydrogen-bond acceptors (Lipinski definition) is 3. The molecule has 5 heteroatoms. The van der Waals surface area contributed by atoms with Crippen LogP contribution in [-0.4, -0.2) is 9.13 Å². The molecule has 0 aliphatic heterocycles. The summed E-state index contributed by atoms with van der Waals surface area (Å²) in [6, 6.07) is 6.96. The predicted molar refractivity (Wildman–Crippen MR) is 57.6 cm³/mol. The maximum Gasteiger partial charge on any atom is 0.332 e. The van der Waals surface area contributed by atoms with Crippen LogP contribution in [0.25, 0.3) is 10.9 Å². The van der Waals surface area contributed by atoms with E-state index in [1.165, 1.54) is 4.57 Å². The molecular formula is C10H11N3O2. The average Bonchev–Trinajstić information content (AvgIpc) is 2.27. The molecule has 2 N–H and O–H groups in total. The van der Waals surface area contributed by atoms with Gasteiger partial charge in [-0.3, -0.25) is 9.36 Å². The van der Waals surface area contributed by atoms with Crippen molar-refractivity contribution in [1.82, 2.24) is 9.13 Å². The molecule has 1 heterocycles. The minimum atomic E-state index is -0.388. The van der Waals surface area contributed by atoms with Gasteiger partial charge in [-0.25, -0.2) is 9.36 Å². The van der Waals surface area contributed by atoms with Gasteiger partial charge in [0.25, 0.3) is 5.56 Å². The van der Waals surface area contributed by atoms with Crippen molar-refractivity contribution in [2.45, 2.75) is 6.67 Å². The van der Waals surface area contributed by atoms with E-state index < -0.39 is 0 Å². The van der Waals surface area contributed by atoms with E-state index in [9.17, 15) is 9.59 Å². The minimum absolute atomic E-state index is 0.101. The van der Waals surface area contributed by atoms with Crippen LogP contribution in [-0.2, 0) is 13.7 Å². The number of fused-ring (bicyclic) bond motifs is 1. The fourth-order valence-electron chi connectivity index (χ4n) is 1.62. The molecule has 0 unspecified atom stereocenters. The summed E-state index contributed by atoms with van der Waals surface area (Å²) in [4.78, 5) is 23.5. The van der Waals surface area contributed by atoms with E-state index in [-0.39, 0.29) is 17.9 Å². The number of aromatic nitrogens is 2. The van der Waals surface area contributed by atoms with Gasteiger partial charge in [0.15, 0.2) is 0 Å². The zero-order chi connectivity index (χ0) is 11.0. The van der Waals surface area contributed by atoms with Crippen molar-refractivity contribution in [3.63, 3.8) is 0 Å². The van der Waals surface area contributed by atoms with Gasteiger partial charge >= 0.3 is 5.69 Å². The molecule has 0 saturated heterocycles. The third-order valence-electron chi connectivity index (χ3n) is 2.44. The number of nitrogens with zero attached hydrogens (tertiary/aromatic N) is 2. The molecule has 0 aliphatic carbocycles. The highest BCUT2D eigenvalue weighted by atomic mass is 16.2. The molecule has 0 fully saturated rings. The van der Waals surface area contributed by atoms with Crippen LogP contribution in [0, 0.1) is 0 Å². The van der Waals surface area contributed by atoms with Crippen LogP contribution in [0.3, 0.4) is 0 Å². The van der Waals surface area contributed by atoms with Crippen LogP contribution in [0.1, 0.15) is 0 Å². The van der Waals surface area contributed by atoms with Crippen molar-refractivity contribution in [2.24, 2.45) is 12.8 Å². The molecule has 0 saturated carbocycles. The Morgan fingerprint density at radius 2 is 1.93 bits per heavy atom. The molecule has 1 aromatic carbocycles. The zero-order valence-corrected chi connectivity index (χ0v) is 8.30. The molecular weight excluding hydrogens is 194 g/mol. The zero-order valence-electron chi connectivity index (χ0n) is 8.30. The topological polar surface area (TPSA) is 70.0 Å². The summed E-state index contributed by atoms with van der Waals surface area (Å²) in [5.74, 6) is 0. The molecule has 0 amide bonds. The lowest BCUT2D eigenvalue weighted by Crippen LogP contribution is -2.40. The van der Waals surface area contributed by atoms with Gasteiger partial charge in [-0.2, -0.15) is 0 Å². The monoisotopic (exact) mass is 205 g/mol.